The number of phosphoric acid groups is 2. The number of aliphatic hydroxyl groups is 1. The summed E-state index contributed by atoms with van der Waals surface area (Å²) in [4.78, 5) is 72.9. The molecule has 100 heavy (non-hydrogen) atoms. The van der Waals surface area contributed by atoms with Crippen molar-refractivity contribution in [2.45, 2.75) is 414 Å². The predicted octanol–water partition coefficient (Wildman–Crippen LogP) is 23.7. The van der Waals surface area contributed by atoms with E-state index in [1.807, 2.05) is 0 Å². The van der Waals surface area contributed by atoms with Crippen molar-refractivity contribution >= 4 is 39.5 Å². The zero-order chi connectivity index (χ0) is 73.7. The molecule has 0 aromatic rings. The van der Waals surface area contributed by atoms with Gasteiger partial charge >= 0.3 is 39.5 Å². The Bertz CT molecular complexity index is 2040. The van der Waals surface area contributed by atoms with E-state index in [0.29, 0.717) is 25.7 Å². The van der Waals surface area contributed by atoms with Crippen molar-refractivity contribution in [2.75, 3.05) is 39.6 Å². The second-order valence-corrected chi connectivity index (χ2v) is 32.3. The van der Waals surface area contributed by atoms with Crippen LogP contribution in [-0.2, 0) is 65.4 Å². The largest absolute Gasteiger partial charge is 0.472 e. The van der Waals surface area contributed by atoms with Gasteiger partial charge in [0.15, 0.2) is 12.2 Å². The molecular weight excluding hydrogens is 1310 g/mol. The SMILES string of the molecule is CCCCCC/C=C\C=C/CCCCCCCC(=O)O[C@H](COC(=O)CCCCCCCCCCCCC(C)C)COP(=O)(O)OC[C@@H](O)COP(=O)(O)OC[C@@H](COC(=O)CCCCCCCCC(C)CC)OC(=O)CCCCCCCCCCCCCCCCCCCCC(C)CC. The number of unbranched alkanes of at least 4 members (excludes halogenated alkanes) is 40. The summed E-state index contributed by atoms with van der Waals surface area (Å²) in [7, 11) is -9.93. The van der Waals surface area contributed by atoms with Crippen LogP contribution in [0.15, 0.2) is 24.3 Å². The van der Waals surface area contributed by atoms with Crippen molar-refractivity contribution in [1.29, 1.82) is 0 Å². The van der Waals surface area contributed by atoms with Gasteiger partial charge in [0, 0.05) is 25.7 Å². The molecule has 0 radical (unpaired) electrons. The Morgan fingerprint density at radius 3 is 0.890 bits per heavy atom. The molecule has 0 aromatic heterocycles. The highest BCUT2D eigenvalue weighted by Crippen LogP contribution is 2.45. The highest BCUT2D eigenvalue weighted by atomic mass is 31.2. The summed E-state index contributed by atoms with van der Waals surface area (Å²) < 4.78 is 68.6. The number of allylic oxidation sites excluding steroid dienone is 4. The van der Waals surface area contributed by atoms with E-state index in [0.717, 1.165) is 127 Å². The molecule has 19 heteroatoms. The molecule has 4 unspecified atom stereocenters. The van der Waals surface area contributed by atoms with E-state index in [9.17, 15) is 43.2 Å². The molecule has 3 N–H and O–H groups in total. The molecule has 0 amide bonds. The van der Waals surface area contributed by atoms with E-state index >= 15 is 0 Å². The van der Waals surface area contributed by atoms with E-state index in [1.165, 1.54) is 186 Å². The molecule has 0 saturated carbocycles. The van der Waals surface area contributed by atoms with Crippen LogP contribution in [0.2, 0.25) is 0 Å². The van der Waals surface area contributed by atoms with Crippen molar-refractivity contribution in [2.24, 2.45) is 17.8 Å². The zero-order valence-electron chi connectivity index (χ0n) is 65.2. The van der Waals surface area contributed by atoms with Crippen LogP contribution in [0.5, 0.6) is 0 Å². The highest BCUT2D eigenvalue weighted by molar-refractivity contribution is 7.47. The number of phosphoric ester groups is 2. The van der Waals surface area contributed by atoms with Crippen LogP contribution in [0.25, 0.3) is 0 Å². The van der Waals surface area contributed by atoms with Gasteiger partial charge in [-0.2, -0.15) is 0 Å². The normalized spacial score (nSPS) is 14.7. The smallest absolute Gasteiger partial charge is 0.462 e. The molecule has 0 aromatic carbocycles. The van der Waals surface area contributed by atoms with E-state index in [4.69, 9.17) is 37.0 Å². The van der Waals surface area contributed by atoms with E-state index in [2.05, 4.69) is 72.8 Å². The Morgan fingerprint density at radius 2 is 0.590 bits per heavy atom. The number of rotatable bonds is 77. The minimum absolute atomic E-state index is 0.0846. The third kappa shape index (κ3) is 71.2. The summed E-state index contributed by atoms with van der Waals surface area (Å²) in [5, 5.41) is 10.6. The number of carbonyl (C=O) groups is 4. The Hall–Kier alpha value is -2.46. The first-order chi connectivity index (χ1) is 48.3. The maximum Gasteiger partial charge on any atom is 0.472 e. The minimum atomic E-state index is -4.97. The standard InChI is InChI=1S/C81H154O17P2/c1-8-11-12-13-14-15-16-17-22-26-29-36-41-50-57-64-80(85)97-76(68-91-78(83)62-55-48-40-35-32-31-33-38-45-52-59-72(4)5)70-95-99(87,88)93-66-75(82)67-94-100(89,90)96-71-77(69-92-79(84)63-56-49-44-43-47-54-61-74(7)10-3)98-81(86)65-58-51-42-37-30-27-24-21-19-18-20-23-25-28-34-39-46-53-60-73(6)9-2/h15-17,22,72-77,82H,8-14,18-21,23-71H2,1-7H3,(H,87,88)(H,89,90)/b16-15-,22-17-/t73?,74?,75-,76-,77-/m1/s1. The Balaban J connectivity index is 5.23. The predicted molar refractivity (Wildman–Crippen MR) is 409 cm³/mol. The van der Waals surface area contributed by atoms with Crippen molar-refractivity contribution in [1.82, 2.24) is 0 Å². The number of hydrogen-bond acceptors (Lipinski definition) is 15. The number of carbonyl (C=O) groups excluding carboxylic acids is 4. The van der Waals surface area contributed by atoms with Crippen molar-refractivity contribution in [3.05, 3.63) is 24.3 Å². The number of aliphatic hydroxyl groups excluding tert-OH is 1. The Labute approximate surface area is 612 Å². The van der Waals surface area contributed by atoms with Crippen LogP contribution in [0.1, 0.15) is 395 Å². The van der Waals surface area contributed by atoms with Gasteiger partial charge in [-0.05, 0) is 69.1 Å². The molecular formula is C81H154O17P2. The molecule has 0 saturated heterocycles. The molecule has 590 valence electrons. The molecule has 0 fully saturated rings. The maximum atomic E-state index is 13.1. The molecule has 0 aliphatic heterocycles. The maximum absolute atomic E-state index is 13.1. The fourth-order valence-electron chi connectivity index (χ4n) is 11.9. The van der Waals surface area contributed by atoms with Gasteiger partial charge in [0.1, 0.15) is 19.3 Å². The molecule has 17 nitrogen and oxygen atoms in total. The summed E-state index contributed by atoms with van der Waals surface area (Å²) in [6, 6.07) is 0. The zero-order valence-corrected chi connectivity index (χ0v) is 66.9. The van der Waals surface area contributed by atoms with Crippen LogP contribution in [0.3, 0.4) is 0 Å². The van der Waals surface area contributed by atoms with Gasteiger partial charge in [-0.3, -0.25) is 37.3 Å². The fraction of sp³-hybridized carbons (Fsp3) is 0.901. The van der Waals surface area contributed by atoms with Gasteiger partial charge in [0.2, 0.25) is 0 Å². The molecule has 0 aliphatic carbocycles. The van der Waals surface area contributed by atoms with Crippen LogP contribution >= 0.6 is 15.6 Å². The number of ether oxygens (including phenoxy) is 4. The van der Waals surface area contributed by atoms with Gasteiger partial charge < -0.3 is 33.8 Å². The van der Waals surface area contributed by atoms with Crippen molar-refractivity contribution in [3.8, 4) is 0 Å². The average molecular weight is 1460 g/mol. The van der Waals surface area contributed by atoms with Crippen LogP contribution < -0.4 is 0 Å². The first kappa shape index (κ1) is 97.5. The third-order valence-corrected chi connectivity index (χ3v) is 20.9. The van der Waals surface area contributed by atoms with Crippen LogP contribution in [0.4, 0.5) is 0 Å². The quantitative estimate of drug-likeness (QED) is 0.0169. The van der Waals surface area contributed by atoms with Crippen LogP contribution in [-0.4, -0.2) is 96.7 Å². The van der Waals surface area contributed by atoms with Gasteiger partial charge in [-0.1, -0.05) is 342 Å². The molecule has 0 rings (SSSR count). The number of esters is 4. The lowest BCUT2D eigenvalue weighted by Crippen LogP contribution is -2.30. The van der Waals surface area contributed by atoms with Crippen LogP contribution in [0, 0.1) is 17.8 Å². The number of hydrogen-bond donors (Lipinski definition) is 3. The van der Waals surface area contributed by atoms with Gasteiger partial charge in [0.25, 0.3) is 0 Å². The summed E-state index contributed by atoms with van der Waals surface area (Å²) in [5.74, 6) is 0.211. The van der Waals surface area contributed by atoms with E-state index in [-0.39, 0.29) is 25.7 Å². The molecule has 0 heterocycles. The highest BCUT2D eigenvalue weighted by Gasteiger charge is 2.30. The summed E-state index contributed by atoms with van der Waals surface area (Å²) >= 11 is 0. The van der Waals surface area contributed by atoms with Crippen molar-refractivity contribution < 1.29 is 80.2 Å². The lowest BCUT2D eigenvalue weighted by Gasteiger charge is -2.21. The second-order valence-electron chi connectivity index (χ2n) is 29.4. The van der Waals surface area contributed by atoms with Crippen molar-refractivity contribution in [3.63, 3.8) is 0 Å². The molecule has 7 atom stereocenters. The second kappa shape index (κ2) is 70.8. The van der Waals surface area contributed by atoms with Gasteiger partial charge in [0.05, 0.1) is 26.4 Å². The first-order valence-corrected chi connectivity index (χ1v) is 44.2. The summed E-state index contributed by atoms with van der Waals surface area (Å²) in [6.07, 6.45) is 61.9. The average Bonchev–Trinajstić information content (AvgIpc) is 0.944. The lowest BCUT2D eigenvalue weighted by atomic mass is 9.99. The summed E-state index contributed by atoms with van der Waals surface area (Å²) in [5.41, 5.74) is 0. The van der Waals surface area contributed by atoms with Gasteiger partial charge in [-0.15, -0.1) is 0 Å². The monoisotopic (exact) mass is 1460 g/mol. The van der Waals surface area contributed by atoms with Gasteiger partial charge in [-0.25, -0.2) is 9.13 Å². The lowest BCUT2D eigenvalue weighted by molar-refractivity contribution is -0.161. The Morgan fingerprint density at radius 1 is 0.330 bits per heavy atom. The summed E-state index contributed by atoms with van der Waals surface area (Å²) in [6.45, 7) is 11.9. The Kier molecular flexibility index (Phi) is 69.1. The molecule has 0 spiro atoms. The fourth-order valence-corrected chi connectivity index (χ4v) is 13.5. The third-order valence-electron chi connectivity index (χ3n) is 19.0. The first-order valence-electron chi connectivity index (χ1n) is 41.2. The molecule has 0 bridgehead atoms. The molecule has 0 aliphatic rings. The minimum Gasteiger partial charge on any atom is -0.462 e. The topological polar surface area (TPSA) is 237 Å². The van der Waals surface area contributed by atoms with E-state index < -0.39 is 97.5 Å². The van der Waals surface area contributed by atoms with E-state index in [1.54, 1.807) is 0 Å².